The van der Waals surface area contributed by atoms with Crippen molar-refractivity contribution in [2.45, 2.75) is 46.0 Å². The largest absolute Gasteiger partial charge is 0.299 e. The van der Waals surface area contributed by atoms with E-state index in [2.05, 4.69) is 0 Å². The monoisotopic (exact) mass is 275 g/mol. The van der Waals surface area contributed by atoms with Crippen LogP contribution in [0, 0.1) is 11.8 Å². The Morgan fingerprint density at radius 3 is 2.61 bits per heavy atom. The van der Waals surface area contributed by atoms with E-state index in [4.69, 9.17) is 0 Å². The van der Waals surface area contributed by atoms with Gasteiger partial charge in [0.2, 0.25) is 10.0 Å². The van der Waals surface area contributed by atoms with Gasteiger partial charge < -0.3 is 0 Å². The molecule has 0 saturated carbocycles. The number of carbonyl (C=O) groups excluding carboxylic acids is 1. The predicted octanol–water partition coefficient (Wildman–Crippen LogP) is 2.05. The summed E-state index contributed by atoms with van der Waals surface area (Å²) in [5.41, 5.74) is 0. The number of hydrogen-bond donors (Lipinski definition) is 0. The van der Waals surface area contributed by atoms with Crippen LogP contribution in [-0.4, -0.2) is 37.9 Å². The van der Waals surface area contributed by atoms with Crippen LogP contribution in [0.15, 0.2) is 0 Å². The Hall–Kier alpha value is -0.420. The first-order valence-electron chi connectivity index (χ1n) is 6.78. The molecule has 0 radical (unpaired) electrons. The minimum atomic E-state index is -3.05. The highest BCUT2D eigenvalue weighted by molar-refractivity contribution is 7.88. The molecule has 0 aromatic heterocycles. The zero-order chi connectivity index (χ0) is 13.8. The van der Waals surface area contributed by atoms with Crippen molar-refractivity contribution in [3.8, 4) is 0 Å². The van der Waals surface area contributed by atoms with Crippen LogP contribution < -0.4 is 0 Å². The second-order valence-corrected chi connectivity index (χ2v) is 7.62. The van der Waals surface area contributed by atoms with Crippen molar-refractivity contribution in [2.75, 3.05) is 19.3 Å². The highest BCUT2D eigenvalue weighted by Gasteiger charge is 2.25. The van der Waals surface area contributed by atoms with E-state index in [1.54, 1.807) is 4.31 Å². The fourth-order valence-electron chi connectivity index (χ4n) is 2.42. The molecule has 1 atom stereocenters. The molecule has 0 N–H and O–H groups in total. The van der Waals surface area contributed by atoms with Gasteiger partial charge in [-0.1, -0.05) is 13.8 Å². The van der Waals surface area contributed by atoms with E-state index in [9.17, 15) is 13.2 Å². The fraction of sp³-hybridized carbons (Fsp3) is 0.923. The summed E-state index contributed by atoms with van der Waals surface area (Å²) in [6.07, 6.45) is 5.78. The quantitative estimate of drug-likeness (QED) is 0.745. The molecule has 0 amide bonds. The number of piperidine rings is 1. The maximum absolute atomic E-state index is 11.5. The maximum Gasteiger partial charge on any atom is 0.211 e. The van der Waals surface area contributed by atoms with Gasteiger partial charge >= 0.3 is 0 Å². The predicted molar refractivity (Wildman–Crippen MR) is 72.8 cm³/mol. The summed E-state index contributed by atoms with van der Waals surface area (Å²) in [7, 11) is -3.05. The number of hydrogen-bond acceptors (Lipinski definition) is 3. The van der Waals surface area contributed by atoms with Crippen LogP contribution in [-0.2, 0) is 14.8 Å². The molecule has 106 valence electrons. The van der Waals surface area contributed by atoms with Crippen molar-refractivity contribution >= 4 is 15.8 Å². The molecule has 1 fully saturated rings. The van der Waals surface area contributed by atoms with Crippen LogP contribution in [0.2, 0.25) is 0 Å². The van der Waals surface area contributed by atoms with E-state index in [0.717, 1.165) is 25.7 Å². The van der Waals surface area contributed by atoms with Crippen molar-refractivity contribution in [2.24, 2.45) is 11.8 Å². The molecule has 0 aromatic rings. The molecular weight excluding hydrogens is 250 g/mol. The highest BCUT2D eigenvalue weighted by Crippen LogP contribution is 2.23. The number of Topliss-reactive ketones (excluding diaryl/α,β-unsaturated/α-hetero) is 1. The molecule has 1 aliphatic rings. The van der Waals surface area contributed by atoms with E-state index in [1.165, 1.54) is 6.26 Å². The van der Waals surface area contributed by atoms with Crippen LogP contribution >= 0.6 is 0 Å². The van der Waals surface area contributed by atoms with Gasteiger partial charge in [0.1, 0.15) is 5.78 Å². The summed E-state index contributed by atoms with van der Waals surface area (Å²) >= 11 is 0. The molecule has 0 bridgehead atoms. The van der Waals surface area contributed by atoms with Gasteiger partial charge in [0.25, 0.3) is 0 Å². The molecule has 18 heavy (non-hydrogen) atoms. The summed E-state index contributed by atoms with van der Waals surface area (Å²) in [5.74, 6) is 0.850. The van der Waals surface area contributed by atoms with Gasteiger partial charge in [-0.25, -0.2) is 12.7 Å². The Kier molecular flexibility index (Phi) is 5.79. The minimum absolute atomic E-state index is 0.115. The van der Waals surface area contributed by atoms with Crippen LogP contribution in [0.25, 0.3) is 0 Å². The Morgan fingerprint density at radius 1 is 1.39 bits per heavy atom. The molecule has 1 saturated heterocycles. The SMILES string of the molecule is CC(C)C(=O)CCCC1CCCN(S(C)(=O)=O)C1. The minimum Gasteiger partial charge on any atom is -0.299 e. The number of rotatable bonds is 6. The molecular formula is C13H25NO3S. The number of nitrogens with zero attached hydrogens (tertiary/aromatic N) is 1. The topological polar surface area (TPSA) is 54.5 Å². The number of carbonyl (C=O) groups is 1. The summed E-state index contributed by atoms with van der Waals surface area (Å²) in [4.78, 5) is 11.5. The first-order valence-corrected chi connectivity index (χ1v) is 8.63. The lowest BCUT2D eigenvalue weighted by molar-refractivity contribution is -0.122. The summed E-state index contributed by atoms with van der Waals surface area (Å²) in [6.45, 7) is 5.14. The maximum atomic E-state index is 11.5. The van der Waals surface area contributed by atoms with Crippen molar-refractivity contribution in [3.63, 3.8) is 0 Å². The molecule has 5 heteroatoms. The second-order valence-electron chi connectivity index (χ2n) is 5.64. The van der Waals surface area contributed by atoms with Crippen LogP contribution in [0.4, 0.5) is 0 Å². The molecule has 1 rings (SSSR count). The van der Waals surface area contributed by atoms with Crippen LogP contribution in [0.1, 0.15) is 46.0 Å². The Morgan fingerprint density at radius 2 is 2.06 bits per heavy atom. The lowest BCUT2D eigenvalue weighted by Crippen LogP contribution is -2.39. The van der Waals surface area contributed by atoms with E-state index < -0.39 is 10.0 Å². The third-order valence-electron chi connectivity index (χ3n) is 3.63. The van der Waals surface area contributed by atoms with E-state index >= 15 is 0 Å². The molecule has 1 aliphatic heterocycles. The first kappa shape index (κ1) is 15.6. The normalized spacial score (nSPS) is 22.3. The van der Waals surface area contributed by atoms with Gasteiger partial charge in [-0.3, -0.25) is 4.79 Å². The molecule has 1 heterocycles. The molecule has 0 aromatic carbocycles. The van der Waals surface area contributed by atoms with Crippen molar-refractivity contribution in [3.05, 3.63) is 0 Å². The smallest absolute Gasteiger partial charge is 0.211 e. The Labute approximate surface area is 111 Å². The standard InChI is InChI=1S/C13H25NO3S/c1-11(2)13(15)8-4-6-12-7-5-9-14(10-12)18(3,16)17/h11-12H,4-10H2,1-3H3. The average Bonchev–Trinajstić information content (AvgIpc) is 2.28. The fourth-order valence-corrected chi connectivity index (χ4v) is 3.36. The Balaban J connectivity index is 2.33. The zero-order valence-electron chi connectivity index (χ0n) is 11.7. The van der Waals surface area contributed by atoms with E-state index in [1.807, 2.05) is 13.8 Å². The van der Waals surface area contributed by atoms with Gasteiger partial charge in [0, 0.05) is 25.4 Å². The van der Waals surface area contributed by atoms with Gasteiger partial charge in [0.05, 0.1) is 6.26 Å². The van der Waals surface area contributed by atoms with Crippen molar-refractivity contribution < 1.29 is 13.2 Å². The second kappa shape index (κ2) is 6.66. The number of ketones is 1. The summed E-state index contributed by atoms with van der Waals surface area (Å²) in [5, 5.41) is 0. The average molecular weight is 275 g/mol. The van der Waals surface area contributed by atoms with E-state index in [0.29, 0.717) is 31.2 Å². The van der Waals surface area contributed by atoms with Crippen LogP contribution in [0.5, 0.6) is 0 Å². The van der Waals surface area contributed by atoms with Gasteiger partial charge in [0.15, 0.2) is 0 Å². The lowest BCUT2D eigenvalue weighted by atomic mass is 9.92. The van der Waals surface area contributed by atoms with Gasteiger partial charge in [-0.2, -0.15) is 0 Å². The molecule has 4 nitrogen and oxygen atoms in total. The van der Waals surface area contributed by atoms with Gasteiger partial charge in [-0.05, 0) is 31.6 Å². The van der Waals surface area contributed by atoms with Crippen LogP contribution in [0.3, 0.4) is 0 Å². The Bertz CT molecular complexity index is 376. The van der Waals surface area contributed by atoms with Crippen molar-refractivity contribution in [1.29, 1.82) is 0 Å². The molecule has 0 spiro atoms. The lowest BCUT2D eigenvalue weighted by Gasteiger charge is -2.30. The highest BCUT2D eigenvalue weighted by atomic mass is 32.2. The van der Waals surface area contributed by atoms with Gasteiger partial charge in [-0.15, -0.1) is 0 Å². The molecule has 0 aliphatic carbocycles. The zero-order valence-corrected chi connectivity index (χ0v) is 12.5. The third-order valence-corrected chi connectivity index (χ3v) is 4.90. The van der Waals surface area contributed by atoms with Crippen molar-refractivity contribution in [1.82, 2.24) is 4.31 Å². The molecule has 1 unspecified atom stereocenters. The first-order chi connectivity index (χ1) is 8.30. The van der Waals surface area contributed by atoms with E-state index in [-0.39, 0.29) is 5.92 Å². The summed E-state index contributed by atoms with van der Waals surface area (Å²) in [6, 6.07) is 0. The number of sulfonamides is 1. The third kappa shape index (κ3) is 5.06. The summed E-state index contributed by atoms with van der Waals surface area (Å²) < 4.78 is 24.5.